The molecule has 0 aliphatic carbocycles. The van der Waals surface area contributed by atoms with E-state index in [1.807, 2.05) is 54.6 Å². The molecular weight excluding hydrogens is 350 g/mol. The number of carbonyl (C=O) groups excluding carboxylic acids is 1. The highest BCUT2D eigenvalue weighted by molar-refractivity contribution is 5.95. The molecule has 0 heterocycles. The number of hydrogen-bond donors (Lipinski definition) is 0. The molecule has 4 nitrogen and oxygen atoms in total. The second kappa shape index (κ2) is 12.5. The maximum atomic E-state index is 11.8. The summed E-state index contributed by atoms with van der Waals surface area (Å²) < 4.78 is 10.6. The van der Waals surface area contributed by atoms with Crippen LogP contribution in [-0.4, -0.2) is 25.6 Å². The van der Waals surface area contributed by atoms with Gasteiger partial charge in [-0.2, -0.15) is 0 Å². The van der Waals surface area contributed by atoms with Crippen LogP contribution in [0.4, 0.5) is 5.69 Å². The summed E-state index contributed by atoms with van der Waals surface area (Å²) >= 11 is 0. The van der Waals surface area contributed by atoms with Crippen LogP contribution in [0.3, 0.4) is 0 Å². The van der Waals surface area contributed by atoms with Crippen LogP contribution >= 0.6 is 0 Å². The van der Waals surface area contributed by atoms with Gasteiger partial charge in [-0.05, 0) is 42.3 Å². The molecule has 0 aliphatic rings. The van der Waals surface area contributed by atoms with Gasteiger partial charge >= 0.3 is 5.97 Å². The van der Waals surface area contributed by atoms with Crippen molar-refractivity contribution >= 4 is 23.6 Å². The molecule has 0 aliphatic heterocycles. The second-order valence-electron chi connectivity index (χ2n) is 6.49. The molecule has 0 spiro atoms. The Morgan fingerprint density at radius 2 is 1.68 bits per heavy atom. The van der Waals surface area contributed by atoms with E-state index in [1.165, 1.54) is 25.3 Å². The standard InChI is InChI=1S/C24H29NO3/c1-3-4-5-6-10-19-28-23(26)18-15-20-13-16-22(17-14-20)25-24(27-2)21-11-8-7-9-12-21/h7-9,11-18H,3-6,10,19H2,1-2H3. The molecule has 4 heteroatoms. The minimum absolute atomic E-state index is 0.302. The first kappa shape index (κ1) is 21.4. The van der Waals surface area contributed by atoms with Gasteiger partial charge in [0.2, 0.25) is 5.90 Å². The number of methoxy groups -OCH3 is 1. The molecule has 0 unspecified atom stereocenters. The van der Waals surface area contributed by atoms with Crippen molar-refractivity contribution in [2.75, 3.05) is 13.7 Å². The molecular formula is C24H29NO3. The van der Waals surface area contributed by atoms with Crippen molar-refractivity contribution in [1.82, 2.24) is 0 Å². The van der Waals surface area contributed by atoms with Crippen LogP contribution in [0.15, 0.2) is 65.7 Å². The molecule has 0 fully saturated rings. The lowest BCUT2D eigenvalue weighted by Gasteiger charge is -2.05. The van der Waals surface area contributed by atoms with Gasteiger partial charge in [-0.3, -0.25) is 0 Å². The van der Waals surface area contributed by atoms with Crippen molar-refractivity contribution in [3.05, 3.63) is 71.8 Å². The number of esters is 1. The third kappa shape index (κ3) is 7.78. The van der Waals surface area contributed by atoms with E-state index in [0.29, 0.717) is 12.5 Å². The average molecular weight is 380 g/mol. The highest BCUT2D eigenvalue weighted by Crippen LogP contribution is 2.16. The molecule has 0 atom stereocenters. The topological polar surface area (TPSA) is 47.9 Å². The predicted octanol–water partition coefficient (Wildman–Crippen LogP) is 5.94. The predicted molar refractivity (Wildman–Crippen MR) is 115 cm³/mol. The summed E-state index contributed by atoms with van der Waals surface area (Å²) in [4.78, 5) is 16.3. The molecule has 0 bridgehead atoms. The third-order valence-electron chi connectivity index (χ3n) is 4.24. The van der Waals surface area contributed by atoms with E-state index >= 15 is 0 Å². The SMILES string of the molecule is CCCCCCCOC(=O)C=Cc1ccc(N=C(OC)c2ccccc2)cc1. The number of ether oxygens (including phenoxy) is 2. The van der Waals surface area contributed by atoms with Gasteiger partial charge in [-0.25, -0.2) is 9.79 Å². The van der Waals surface area contributed by atoms with E-state index in [-0.39, 0.29) is 5.97 Å². The zero-order chi connectivity index (χ0) is 20.0. The molecule has 2 aromatic carbocycles. The largest absolute Gasteiger partial charge is 0.481 e. The Morgan fingerprint density at radius 1 is 0.964 bits per heavy atom. The number of carbonyl (C=O) groups is 1. The van der Waals surface area contributed by atoms with Crippen molar-refractivity contribution in [3.63, 3.8) is 0 Å². The average Bonchev–Trinajstić information content (AvgIpc) is 2.74. The van der Waals surface area contributed by atoms with Crippen LogP contribution < -0.4 is 0 Å². The smallest absolute Gasteiger partial charge is 0.330 e. The quantitative estimate of drug-likeness (QED) is 0.169. The molecule has 148 valence electrons. The van der Waals surface area contributed by atoms with E-state index in [9.17, 15) is 4.79 Å². The van der Waals surface area contributed by atoms with Gasteiger partial charge in [0.15, 0.2) is 0 Å². The van der Waals surface area contributed by atoms with Gasteiger partial charge in [0.1, 0.15) is 0 Å². The maximum absolute atomic E-state index is 11.8. The van der Waals surface area contributed by atoms with Crippen molar-refractivity contribution in [1.29, 1.82) is 0 Å². The van der Waals surface area contributed by atoms with Crippen molar-refractivity contribution in [2.45, 2.75) is 39.0 Å². The molecule has 28 heavy (non-hydrogen) atoms. The van der Waals surface area contributed by atoms with E-state index in [4.69, 9.17) is 9.47 Å². The Morgan fingerprint density at radius 3 is 2.36 bits per heavy atom. The summed E-state index contributed by atoms with van der Waals surface area (Å²) in [6.45, 7) is 2.67. The summed E-state index contributed by atoms with van der Waals surface area (Å²) in [6.07, 6.45) is 8.91. The molecule has 0 aromatic heterocycles. The lowest BCUT2D eigenvalue weighted by molar-refractivity contribution is -0.137. The van der Waals surface area contributed by atoms with Crippen molar-refractivity contribution < 1.29 is 14.3 Å². The zero-order valence-corrected chi connectivity index (χ0v) is 16.8. The highest BCUT2D eigenvalue weighted by Gasteiger charge is 2.03. The first-order valence-electron chi connectivity index (χ1n) is 9.86. The number of rotatable bonds is 10. The van der Waals surface area contributed by atoms with Gasteiger partial charge in [0, 0.05) is 11.6 Å². The zero-order valence-electron chi connectivity index (χ0n) is 16.8. The Kier molecular flexibility index (Phi) is 9.56. The molecule has 0 saturated carbocycles. The highest BCUT2D eigenvalue weighted by atomic mass is 16.5. The Labute approximate surface area is 167 Å². The summed E-state index contributed by atoms with van der Waals surface area (Å²) in [5.41, 5.74) is 2.62. The fourth-order valence-electron chi connectivity index (χ4n) is 2.68. The van der Waals surface area contributed by atoms with Crippen molar-refractivity contribution in [2.24, 2.45) is 4.99 Å². The molecule has 0 N–H and O–H groups in total. The summed E-state index contributed by atoms with van der Waals surface area (Å²) in [6, 6.07) is 17.3. The van der Waals surface area contributed by atoms with Crippen LogP contribution in [0, 0.1) is 0 Å². The minimum Gasteiger partial charge on any atom is -0.481 e. The fraction of sp³-hybridized carbons (Fsp3) is 0.333. The van der Waals surface area contributed by atoms with Crippen LogP contribution in [0.25, 0.3) is 6.08 Å². The van der Waals surface area contributed by atoms with Gasteiger partial charge in [0.25, 0.3) is 0 Å². The van der Waals surface area contributed by atoms with Gasteiger partial charge in [-0.1, -0.05) is 62.9 Å². The number of nitrogens with zero attached hydrogens (tertiary/aromatic N) is 1. The van der Waals surface area contributed by atoms with E-state index in [1.54, 1.807) is 13.2 Å². The van der Waals surface area contributed by atoms with Crippen LogP contribution in [0.2, 0.25) is 0 Å². The summed E-state index contributed by atoms with van der Waals surface area (Å²) in [7, 11) is 1.61. The summed E-state index contributed by atoms with van der Waals surface area (Å²) in [5, 5.41) is 0. The normalized spacial score (nSPS) is 11.6. The van der Waals surface area contributed by atoms with Crippen molar-refractivity contribution in [3.8, 4) is 0 Å². The Bertz CT molecular complexity index is 764. The van der Waals surface area contributed by atoms with Gasteiger partial charge < -0.3 is 9.47 Å². The van der Waals surface area contributed by atoms with Crippen LogP contribution in [0.1, 0.15) is 50.2 Å². The third-order valence-corrected chi connectivity index (χ3v) is 4.24. The Hall–Kier alpha value is -2.88. The lowest BCUT2D eigenvalue weighted by Crippen LogP contribution is -2.02. The number of aliphatic imine (C=N–C) groups is 1. The minimum atomic E-state index is -0.302. The molecule has 0 saturated heterocycles. The fourth-order valence-corrected chi connectivity index (χ4v) is 2.68. The van der Waals surface area contributed by atoms with E-state index in [2.05, 4.69) is 11.9 Å². The number of hydrogen-bond acceptors (Lipinski definition) is 4. The molecule has 0 amide bonds. The monoisotopic (exact) mass is 379 g/mol. The first-order valence-corrected chi connectivity index (χ1v) is 9.86. The van der Waals surface area contributed by atoms with E-state index < -0.39 is 0 Å². The number of benzene rings is 2. The number of unbranched alkanes of at least 4 members (excludes halogenated alkanes) is 4. The second-order valence-corrected chi connectivity index (χ2v) is 6.49. The summed E-state index contributed by atoms with van der Waals surface area (Å²) in [5.74, 6) is 0.259. The first-order chi connectivity index (χ1) is 13.7. The Balaban J connectivity index is 1.85. The van der Waals surface area contributed by atoms with Crippen LogP contribution in [0.5, 0.6) is 0 Å². The van der Waals surface area contributed by atoms with Gasteiger partial charge in [0.05, 0.1) is 19.4 Å². The van der Waals surface area contributed by atoms with E-state index in [0.717, 1.165) is 29.7 Å². The van der Waals surface area contributed by atoms with Crippen LogP contribution in [-0.2, 0) is 14.3 Å². The molecule has 2 rings (SSSR count). The molecule has 0 radical (unpaired) electrons. The lowest BCUT2D eigenvalue weighted by atomic mass is 10.2. The molecule has 2 aromatic rings. The van der Waals surface area contributed by atoms with Gasteiger partial charge in [-0.15, -0.1) is 0 Å². The maximum Gasteiger partial charge on any atom is 0.330 e.